The second-order valence-corrected chi connectivity index (χ2v) is 10.0. The molecule has 0 radical (unpaired) electrons. The van der Waals surface area contributed by atoms with Crippen LogP contribution in [0.4, 0.5) is 17.1 Å². The number of nitro benzene ring substituents is 1. The minimum atomic E-state index is -0.986. The Kier molecular flexibility index (Phi) is 5.83. The van der Waals surface area contributed by atoms with Crippen molar-refractivity contribution in [2.75, 3.05) is 9.80 Å². The first-order chi connectivity index (χ1) is 19.2. The number of hydrogen-bond acceptors (Lipinski definition) is 8. The van der Waals surface area contributed by atoms with Crippen molar-refractivity contribution in [3.8, 4) is 5.75 Å². The van der Waals surface area contributed by atoms with E-state index in [1.165, 1.54) is 49.4 Å². The second-order valence-electron chi connectivity index (χ2n) is 10.0. The highest BCUT2D eigenvalue weighted by Crippen LogP contribution is 2.50. The average Bonchev–Trinajstić information content (AvgIpc) is 3.41. The highest BCUT2D eigenvalue weighted by molar-refractivity contribution is 6.26. The van der Waals surface area contributed by atoms with Crippen LogP contribution in [-0.4, -0.2) is 40.6 Å². The van der Waals surface area contributed by atoms with Gasteiger partial charge in [-0.1, -0.05) is 30.4 Å². The maximum absolute atomic E-state index is 14.1. The molecular formula is C30H23N3O7. The Labute approximate surface area is 228 Å². The molecule has 0 aliphatic carbocycles. The van der Waals surface area contributed by atoms with E-state index in [9.17, 15) is 29.3 Å². The van der Waals surface area contributed by atoms with Crippen LogP contribution in [0.1, 0.15) is 28.4 Å². The number of rotatable bonds is 5. The van der Waals surface area contributed by atoms with Crippen molar-refractivity contribution >= 4 is 46.7 Å². The molecule has 200 valence electrons. The number of esters is 1. The number of ketones is 1. The molecule has 3 aliphatic heterocycles. The summed E-state index contributed by atoms with van der Waals surface area (Å²) < 4.78 is 5.09. The Morgan fingerprint density at radius 3 is 2.30 bits per heavy atom. The molecule has 0 saturated carbocycles. The molecule has 2 fully saturated rings. The van der Waals surface area contributed by atoms with Crippen LogP contribution < -0.4 is 14.5 Å². The third-order valence-corrected chi connectivity index (χ3v) is 7.72. The predicted molar refractivity (Wildman–Crippen MR) is 145 cm³/mol. The first-order valence-corrected chi connectivity index (χ1v) is 12.7. The first kappa shape index (κ1) is 25.2. The van der Waals surface area contributed by atoms with Crippen LogP contribution in [0.25, 0.3) is 6.08 Å². The summed E-state index contributed by atoms with van der Waals surface area (Å²) in [6, 6.07) is 16.0. The number of Topliss-reactive ketones (excluding diaryl/α,β-unsaturated/α-hetero) is 1. The predicted octanol–water partition coefficient (Wildman–Crippen LogP) is 4.10. The van der Waals surface area contributed by atoms with Crippen molar-refractivity contribution in [3.05, 3.63) is 99.6 Å². The van der Waals surface area contributed by atoms with E-state index >= 15 is 0 Å². The van der Waals surface area contributed by atoms with Gasteiger partial charge in [0.25, 0.3) is 5.69 Å². The van der Waals surface area contributed by atoms with Gasteiger partial charge < -0.3 is 9.64 Å². The Hall–Kier alpha value is -5.12. The van der Waals surface area contributed by atoms with Crippen LogP contribution in [0.2, 0.25) is 0 Å². The molecule has 0 bridgehead atoms. The van der Waals surface area contributed by atoms with Crippen molar-refractivity contribution in [3.63, 3.8) is 0 Å². The Balaban J connectivity index is 1.44. The van der Waals surface area contributed by atoms with Gasteiger partial charge in [0, 0.05) is 30.3 Å². The summed E-state index contributed by atoms with van der Waals surface area (Å²) >= 11 is 0. The number of hydrogen-bond donors (Lipinski definition) is 0. The van der Waals surface area contributed by atoms with E-state index < -0.39 is 46.6 Å². The van der Waals surface area contributed by atoms with E-state index in [-0.39, 0.29) is 22.9 Å². The van der Waals surface area contributed by atoms with Crippen molar-refractivity contribution < 1.29 is 28.8 Å². The van der Waals surface area contributed by atoms with Crippen LogP contribution in [0.5, 0.6) is 5.75 Å². The number of carbonyl (C=O) groups is 4. The SMILES string of the molecule is CC(=O)Oc1ccc(C(=O)[C@@H]2[C@@H]3C(=O)N(c4ccc([N+](=O)[O-])cc4C)C(=O)[C@@H]3[C@H]3C=Cc4ccccc4N32)cc1. The Bertz CT molecular complexity index is 1650. The number of carbonyl (C=O) groups excluding carboxylic acids is 4. The zero-order valence-corrected chi connectivity index (χ0v) is 21.5. The molecule has 2 saturated heterocycles. The van der Waals surface area contributed by atoms with E-state index in [4.69, 9.17) is 4.74 Å². The van der Waals surface area contributed by atoms with Crippen LogP contribution in [-0.2, 0) is 14.4 Å². The van der Waals surface area contributed by atoms with Gasteiger partial charge in [0.15, 0.2) is 5.78 Å². The van der Waals surface area contributed by atoms with Crippen molar-refractivity contribution in [1.82, 2.24) is 0 Å². The molecule has 6 rings (SSSR count). The summed E-state index contributed by atoms with van der Waals surface area (Å²) in [6.07, 6.45) is 3.75. The minimum Gasteiger partial charge on any atom is -0.427 e. The van der Waals surface area contributed by atoms with Gasteiger partial charge in [-0.05, 0) is 54.4 Å². The van der Waals surface area contributed by atoms with Gasteiger partial charge in [-0.2, -0.15) is 0 Å². The number of fused-ring (bicyclic) bond motifs is 5. The highest BCUT2D eigenvalue weighted by Gasteiger charge is 2.64. The van der Waals surface area contributed by atoms with Gasteiger partial charge >= 0.3 is 5.97 Å². The molecule has 10 heteroatoms. The lowest BCUT2D eigenvalue weighted by Crippen LogP contribution is -2.49. The van der Waals surface area contributed by atoms with Crippen LogP contribution in [0.3, 0.4) is 0 Å². The number of para-hydroxylation sites is 1. The van der Waals surface area contributed by atoms with Gasteiger partial charge in [-0.3, -0.25) is 29.3 Å². The maximum Gasteiger partial charge on any atom is 0.308 e. The van der Waals surface area contributed by atoms with E-state index in [1.54, 1.807) is 6.92 Å². The monoisotopic (exact) mass is 537 g/mol. The van der Waals surface area contributed by atoms with Gasteiger partial charge in [-0.15, -0.1) is 0 Å². The molecule has 0 N–H and O–H groups in total. The van der Waals surface area contributed by atoms with E-state index in [0.29, 0.717) is 11.1 Å². The molecule has 3 heterocycles. The van der Waals surface area contributed by atoms with Crippen LogP contribution in [0.15, 0.2) is 72.8 Å². The van der Waals surface area contributed by atoms with Gasteiger partial charge in [0.2, 0.25) is 11.8 Å². The molecular weight excluding hydrogens is 514 g/mol. The molecule has 0 unspecified atom stereocenters. The van der Waals surface area contributed by atoms with Crippen molar-refractivity contribution in [1.29, 1.82) is 0 Å². The lowest BCUT2D eigenvalue weighted by Gasteiger charge is -2.36. The van der Waals surface area contributed by atoms with Crippen LogP contribution >= 0.6 is 0 Å². The molecule has 0 aromatic heterocycles. The van der Waals surface area contributed by atoms with E-state index in [0.717, 1.165) is 16.2 Å². The zero-order chi connectivity index (χ0) is 28.3. The van der Waals surface area contributed by atoms with E-state index in [1.807, 2.05) is 41.3 Å². The average molecular weight is 538 g/mol. The van der Waals surface area contributed by atoms with Crippen molar-refractivity contribution in [2.45, 2.75) is 25.9 Å². The number of anilines is 2. The first-order valence-electron chi connectivity index (χ1n) is 12.7. The van der Waals surface area contributed by atoms with Gasteiger partial charge in [-0.25, -0.2) is 4.90 Å². The molecule has 0 spiro atoms. The minimum absolute atomic E-state index is 0.149. The highest BCUT2D eigenvalue weighted by atomic mass is 16.6. The maximum atomic E-state index is 14.1. The quantitative estimate of drug-likeness (QED) is 0.119. The normalized spacial score (nSPS) is 22.6. The zero-order valence-electron chi connectivity index (χ0n) is 21.5. The van der Waals surface area contributed by atoms with E-state index in [2.05, 4.69) is 0 Å². The molecule has 40 heavy (non-hydrogen) atoms. The number of ether oxygens (including phenoxy) is 1. The molecule has 3 aromatic carbocycles. The summed E-state index contributed by atoms with van der Waals surface area (Å²) in [7, 11) is 0. The summed E-state index contributed by atoms with van der Waals surface area (Å²) in [6.45, 7) is 2.88. The summed E-state index contributed by atoms with van der Waals surface area (Å²) in [5, 5.41) is 11.2. The molecule has 3 aromatic rings. The van der Waals surface area contributed by atoms with Crippen molar-refractivity contribution in [2.24, 2.45) is 11.8 Å². The number of imide groups is 1. The Morgan fingerprint density at radius 1 is 0.925 bits per heavy atom. The number of amides is 2. The number of benzene rings is 3. The molecule has 4 atom stereocenters. The van der Waals surface area contributed by atoms with Gasteiger partial charge in [0.05, 0.1) is 28.5 Å². The fourth-order valence-corrected chi connectivity index (χ4v) is 6.08. The number of nitro groups is 1. The fourth-order valence-electron chi connectivity index (χ4n) is 6.08. The Morgan fingerprint density at radius 2 is 1.62 bits per heavy atom. The summed E-state index contributed by atoms with van der Waals surface area (Å²) in [4.78, 5) is 67.1. The number of aryl methyl sites for hydroxylation is 1. The smallest absolute Gasteiger partial charge is 0.308 e. The fraction of sp³-hybridized carbons (Fsp3) is 0.200. The topological polar surface area (TPSA) is 127 Å². The lowest BCUT2D eigenvalue weighted by atomic mass is 9.86. The lowest BCUT2D eigenvalue weighted by molar-refractivity contribution is -0.384. The third kappa shape index (κ3) is 3.79. The summed E-state index contributed by atoms with van der Waals surface area (Å²) in [5.74, 6) is -3.35. The summed E-state index contributed by atoms with van der Waals surface area (Å²) in [5.41, 5.74) is 2.43. The number of nitrogens with zero attached hydrogens (tertiary/aromatic N) is 3. The van der Waals surface area contributed by atoms with Gasteiger partial charge in [0.1, 0.15) is 11.8 Å². The second kappa shape index (κ2) is 9.26. The number of non-ortho nitro benzene ring substituents is 1. The standard InChI is InChI=1S/C30H23N3O7/c1-16-15-20(33(38)39)10-14-22(16)32-29(36)25-24-13-9-18-5-3-4-6-23(18)31(24)27(26(25)30(32)37)28(35)19-7-11-21(12-8-19)40-17(2)34/h3-15,24-27H,1-2H3/t24-,25-,26-,27+/m1/s1. The molecule has 3 aliphatic rings. The largest absolute Gasteiger partial charge is 0.427 e. The molecule has 10 nitrogen and oxygen atoms in total. The third-order valence-electron chi connectivity index (χ3n) is 7.72. The molecule has 2 amide bonds. The van der Waals surface area contributed by atoms with Crippen LogP contribution in [0, 0.1) is 28.9 Å².